The average Bonchev–Trinajstić information content (AvgIpc) is 0.722. The smallest absolute Gasteiger partial charge is 2.00 e. The van der Waals surface area contributed by atoms with Gasteiger partial charge in [0.15, 0.2) is 0 Å². The molecule has 1 radical (unpaired) electrons. The van der Waals surface area contributed by atoms with Crippen LogP contribution in [0.5, 0.6) is 0 Å². The van der Waals surface area contributed by atoms with E-state index < -0.39 is 7.82 Å². The molecule has 0 heterocycles. The van der Waals surface area contributed by atoms with E-state index in [0.717, 1.165) is 0 Å². The quantitative estimate of drug-likeness (QED) is 0.502. The normalized spacial score (nSPS) is 8.43. The molecular weight excluding hydrogens is 251 g/mol. The molecule has 0 saturated carbocycles. The van der Waals surface area contributed by atoms with Crippen LogP contribution in [0.25, 0.3) is 0 Å². The predicted octanol–water partition coefficient (Wildman–Crippen LogP) is -1.68. The van der Waals surface area contributed by atoms with E-state index in [-0.39, 0.29) is 47.2 Å². The molecule has 5 nitrogen and oxygen atoms in total. The van der Waals surface area contributed by atoms with Gasteiger partial charge in [-0.3, -0.25) is 4.57 Å². The fourth-order valence-electron chi connectivity index (χ4n) is 0. The van der Waals surface area contributed by atoms with Crippen LogP contribution >= 0.6 is 7.82 Å². The summed E-state index contributed by atoms with van der Waals surface area (Å²) >= 11 is 0. The molecular formula is H2CeO5P. The summed E-state index contributed by atoms with van der Waals surface area (Å²) in [6.45, 7) is 0. The molecule has 0 fully saturated rings. The fourth-order valence-corrected chi connectivity index (χ4v) is 0. The number of rotatable bonds is 0. The minimum atomic E-state index is -4.89. The molecule has 41 valence electrons. The van der Waals surface area contributed by atoms with Crippen LogP contribution in [0.2, 0.25) is 0 Å². The molecule has 0 atom stereocenters. The van der Waals surface area contributed by atoms with Gasteiger partial charge in [0.2, 0.25) is 0 Å². The van der Waals surface area contributed by atoms with Gasteiger partial charge in [0.05, 0.1) is 0 Å². The van der Waals surface area contributed by atoms with Crippen LogP contribution in [0.1, 0.15) is 0 Å². The first-order chi connectivity index (χ1) is 2.00. The van der Waals surface area contributed by atoms with E-state index in [1.165, 1.54) is 0 Å². The van der Waals surface area contributed by atoms with Gasteiger partial charge in [0.25, 0.3) is 7.82 Å². The second kappa shape index (κ2) is 5.58. The summed E-state index contributed by atoms with van der Waals surface area (Å²) in [6.07, 6.45) is 0. The van der Waals surface area contributed by atoms with Gasteiger partial charge in [-0.15, -0.1) is 0 Å². The summed E-state index contributed by atoms with van der Waals surface area (Å²) < 4.78 is 8.77. The first-order valence-corrected chi connectivity index (χ1v) is 2.30. The molecule has 7 heteroatoms. The third-order valence-corrected chi connectivity index (χ3v) is 0. The molecule has 0 aromatic heterocycles. The summed E-state index contributed by atoms with van der Waals surface area (Å²) in [5, 5.41) is 0. The molecule has 0 rings (SSSR count). The van der Waals surface area contributed by atoms with Crippen LogP contribution < -0.4 is 4.89 Å². The molecule has 0 unspecified atom stereocenters. The zero-order chi connectivity index (χ0) is 4.50. The van der Waals surface area contributed by atoms with Gasteiger partial charge < -0.3 is 20.2 Å². The molecule has 0 spiro atoms. The molecule has 0 bridgehead atoms. The van der Waals surface area contributed by atoms with Crippen LogP contribution in [-0.2, 0) is 10.0 Å². The molecule has 0 saturated heterocycles. The largest absolute Gasteiger partial charge is 3.00 e. The van der Waals surface area contributed by atoms with Crippen molar-refractivity contribution in [3.8, 4) is 0 Å². The van der Waals surface area contributed by atoms with Crippen molar-refractivity contribution in [2.45, 2.75) is 0 Å². The third kappa shape index (κ3) is 106. The van der Waals surface area contributed by atoms with Crippen LogP contribution in [0.15, 0.2) is 0 Å². The van der Waals surface area contributed by atoms with Crippen molar-refractivity contribution in [1.29, 1.82) is 0 Å². The minimum absolute atomic E-state index is 0. The second-order valence-electron chi connectivity index (χ2n) is 0.491. The van der Waals surface area contributed by atoms with Gasteiger partial charge in [-0.25, -0.2) is 0 Å². The molecule has 0 aliphatic rings. The molecule has 0 aromatic rings. The minimum Gasteiger partial charge on any atom is -2.00 e. The number of hydrogen-bond donors (Lipinski definition) is 2. The summed E-state index contributed by atoms with van der Waals surface area (Å²) in [5.41, 5.74) is 0. The molecule has 0 aliphatic carbocycles. The van der Waals surface area contributed by atoms with E-state index in [1.807, 2.05) is 0 Å². The maximum Gasteiger partial charge on any atom is 3.00 e. The fraction of sp³-hybridized carbons (Fsp3) is 0. The Bertz CT molecular complexity index is 54.2. The van der Waals surface area contributed by atoms with Crippen molar-refractivity contribution in [3.63, 3.8) is 0 Å². The van der Waals surface area contributed by atoms with Gasteiger partial charge >= 0.3 is 41.7 Å². The monoisotopic (exact) mass is 253 g/mol. The predicted molar refractivity (Wildman–Crippen MR) is 12.7 cm³/mol. The van der Waals surface area contributed by atoms with E-state index in [1.54, 1.807) is 0 Å². The Kier molecular flexibility index (Phi) is 12.6. The van der Waals surface area contributed by atoms with Gasteiger partial charge in [-0.1, -0.05) is 0 Å². The summed E-state index contributed by atoms with van der Waals surface area (Å²) in [4.78, 5) is 22.9. The van der Waals surface area contributed by atoms with Crippen LogP contribution in [0.4, 0.5) is 0 Å². The van der Waals surface area contributed by atoms with Crippen molar-refractivity contribution >= 4 is 7.82 Å². The topological polar surface area (TPSA) is 109 Å². The van der Waals surface area contributed by atoms with E-state index in [4.69, 9.17) is 19.2 Å². The van der Waals surface area contributed by atoms with Gasteiger partial charge in [-0.2, -0.15) is 0 Å². The van der Waals surface area contributed by atoms with E-state index in [2.05, 4.69) is 0 Å². The number of phosphoric acid groups is 1. The third-order valence-electron chi connectivity index (χ3n) is 0. The maximum absolute atomic E-state index is 8.77. The number of hydrogen-bond acceptors (Lipinski definition) is 2. The van der Waals surface area contributed by atoms with Crippen LogP contribution in [-0.4, -0.2) is 9.79 Å². The van der Waals surface area contributed by atoms with E-state index in [0.29, 0.717) is 0 Å². The Labute approximate surface area is 73.7 Å². The standard InChI is InChI=1S/Ce.H3O4P.O/c;1-5(2,3)4;/h;(H3,1,2,3,4);/q+3;;-2/p-1. The van der Waals surface area contributed by atoms with Crippen molar-refractivity contribution < 1.29 is 66.5 Å². The van der Waals surface area contributed by atoms with Gasteiger partial charge in [0, 0.05) is 0 Å². The molecule has 7 heavy (non-hydrogen) atoms. The van der Waals surface area contributed by atoms with Crippen molar-refractivity contribution in [2.75, 3.05) is 0 Å². The maximum atomic E-state index is 8.77. The second-order valence-corrected chi connectivity index (χ2v) is 1.47. The summed E-state index contributed by atoms with van der Waals surface area (Å²) in [7, 11) is -4.89. The van der Waals surface area contributed by atoms with Crippen LogP contribution in [0.3, 0.4) is 0 Å². The van der Waals surface area contributed by atoms with Crippen molar-refractivity contribution in [1.82, 2.24) is 0 Å². The SMILES string of the molecule is O=P([O-])(O)O.[Ce+3].[O-2]. The Morgan fingerprint density at radius 3 is 1.43 bits per heavy atom. The summed E-state index contributed by atoms with van der Waals surface area (Å²) in [5.74, 6) is 0. The Hall–Kier alpha value is 1.45. The van der Waals surface area contributed by atoms with E-state index >= 15 is 0 Å². The summed E-state index contributed by atoms with van der Waals surface area (Å²) in [6, 6.07) is 0. The zero-order valence-electron chi connectivity index (χ0n) is 3.07. The van der Waals surface area contributed by atoms with Crippen molar-refractivity contribution in [2.24, 2.45) is 0 Å². The molecule has 0 amide bonds. The first-order valence-electron chi connectivity index (χ1n) is 0.765. The molecule has 0 aromatic carbocycles. The van der Waals surface area contributed by atoms with Gasteiger partial charge in [0.1, 0.15) is 0 Å². The van der Waals surface area contributed by atoms with Gasteiger partial charge in [-0.05, 0) is 0 Å². The Balaban J connectivity index is -0.0000000800. The zero-order valence-corrected chi connectivity index (χ0v) is 7.10. The van der Waals surface area contributed by atoms with Crippen molar-refractivity contribution in [3.05, 3.63) is 0 Å². The average molecular weight is 253 g/mol. The first kappa shape index (κ1) is 15.8. The molecule has 0 aliphatic heterocycles. The van der Waals surface area contributed by atoms with E-state index in [9.17, 15) is 0 Å². The van der Waals surface area contributed by atoms with Crippen LogP contribution in [0, 0.1) is 41.7 Å². The Morgan fingerprint density at radius 2 is 1.43 bits per heavy atom. The molecule has 2 N–H and O–H groups in total. The Morgan fingerprint density at radius 1 is 1.43 bits per heavy atom.